The smallest absolute Gasteiger partial charge is 0.245 e. The molecule has 1 aliphatic heterocycles. The molecule has 1 aromatic carbocycles. The average molecular weight is 239 g/mol. The van der Waals surface area contributed by atoms with E-state index in [1.807, 2.05) is 11.0 Å². The summed E-state index contributed by atoms with van der Waals surface area (Å²) >= 11 is 0. The van der Waals surface area contributed by atoms with Gasteiger partial charge in [0.15, 0.2) is 0 Å². The van der Waals surface area contributed by atoms with Gasteiger partial charge in [0.25, 0.3) is 0 Å². The van der Waals surface area contributed by atoms with Crippen LogP contribution in [0, 0.1) is 11.8 Å². The Labute approximate surface area is 108 Å². The van der Waals surface area contributed by atoms with Crippen LogP contribution in [0.4, 0.5) is 0 Å². The zero-order valence-corrected chi connectivity index (χ0v) is 10.4. The minimum Gasteiger partial charge on any atom is -0.338 e. The lowest BCUT2D eigenvalue weighted by atomic mass is 9.98. The van der Waals surface area contributed by atoms with Gasteiger partial charge in [-0.05, 0) is 35.5 Å². The Kier molecular flexibility index (Phi) is 2.78. The summed E-state index contributed by atoms with van der Waals surface area (Å²) in [6.45, 7) is 5.29. The van der Waals surface area contributed by atoms with Gasteiger partial charge in [0, 0.05) is 13.1 Å². The van der Waals surface area contributed by atoms with Gasteiger partial charge in [-0.2, -0.15) is 0 Å². The summed E-state index contributed by atoms with van der Waals surface area (Å²) in [4.78, 5) is 13.5. The van der Waals surface area contributed by atoms with E-state index in [2.05, 4.69) is 36.9 Å². The highest BCUT2D eigenvalue weighted by Crippen LogP contribution is 2.40. The number of likely N-dealkylation sites (tertiary alicyclic amines) is 1. The molecule has 0 N–H and O–H groups in total. The van der Waals surface area contributed by atoms with E-state index < -0.39 is 0 Å². The molecule has 1 aromatic rings. The summed E-state index contributed by atoms with van der Waals surface area (Å²) in [6.07, 6.45) is 4.87. The number of allylic oxidation sites excluding steroid dienone is 1. The molecule has 1 fully saturated rings. The van der Waals surface area contributed by atoms with E-state index in [0.29, 0.717) is 11.8 Å². The van der Waals surface area contributed by atoms with Crippen molar-refractivity contribution in [1.82, 2.24) is 4.90 Å². The molecule has 2 heteroatoms. The number of carbonyl (C=O) groups excluding carboxylic acids is 1. The van der Waals surface area contributed by atoms with Gasteiger partial charge in [0.1, 0.15) is 0 Å². The molecule has 1 saturated heterocycles. The van der Waals surface area contributed by atoms with Crippen LogP contribution in [0.15, 0.2) is 49.1 Å². The molecule has 2 atom stereocenters. The fourth-order valence-electron chi connectivity index (χ4n) is 3.09. The van der Waals surface area contributed by atoms with E-state index in [9.17, 15) is 4.79 Å². The minimum atomic E-state index is 0.0686. The van der Waals surface area contributed by atoms with Crippen molar-refractivity contribution in [1.29, 1.82) is 0 Å². The standard InChI is InChI=1S/C16H17NO/c1-2-16(18)17-10-14-8-13(9-15(14)11-17)12-6-4-3-5-7-12/h2-8,14-15H,1,9-11H2. The Hall–Kier alpha value is -1.83. The van der Waals surface area contributed by atoms with Crippen LogP contribution in [-0.2, 0) is 4.79 Å². The average Bonchev–Trinajstić information content (AvgIpc) is 2.97. The molecule has 0 bridgehead atoms. The summed E-state index contributed by atoms with van der Waals surface area (Å²) < 4.78 is 0. The third kappa shape index (κ3) is 1.88. The molecule has 0 aromatic heterocycles. The van der Waals surface area contributed by atoms with Gasteiger partial charge in [-0.25, -0.2) is 0 Å². The molecule has 1 amide bonds. The number of nitrogens with zero attached hydrogens (tertiary/aromatic N) is 1. The fraction of sp³-hybridized carbons (Fsp3) is 0.312. The Morgan fingerprint density at radius 3 is 2.72 bits per heavy atom. The van der Waals surface area contributed by atoms with Crippen LogP contribution in [-0.4, -0.2) is 23.9 Å². The Balaban J connectivity index is 1.75. The second-order valence-corrected chi connectivity index (χ2v) is 5.13. The monoisotopic (exact) mass is 239 g/mol. The number of benzene rings is 1. The predicted octanol–water partition coefficient (Wildman–Crippen LogP) is 2.73. The maximum absolute atomic E-state index is 11.6. The third-order valence-corrected chi connectivity index (χ3v) is 4.02. The molecular formula is C16H17NO. The minimum absolute atomic E-state index is 0.0686. The molecule has 1 aliphatic carbocycles. The van der Waals surface area contributed by atoms with Gasteiger partial charge < -0.3 is 4.90 Å². The van der Waals surface area contributed by atoms with Crippen LogP contribution in [0.1, 0.15) is 12.0 Å². The maximum atomic E-state index is 11.6. The van der Waals surface area contributed by atoms with Gasteiger partial charge in [0.05, 0.1) is 0 Å². The predicted molar refractivity (Wildman–Crippen MR) is 72.8 cm³/mol. The van der Waals surface area contributed by atoms with E-state index in [4.69, 9.17) is 0 Å². The van der Waals surface area contributed by atoms with E-state index in [1.165, 1.54) is 17.2 Å². The fourth-order valence-corrected chi connectivity index (χ4v) is 3.09. The summed E-state index contributed by atoms with van der Waals surface area (Å²) in [6, 6.07) is 10.5. The van der Waals surface area contributed by atoms with Crippen molar-refractivity contribution < 1.29 is 4.79 Å². The van der Waals surface area contributed by atoms with Crippen molar-refractivity contribution >= 4 is 11.5 Å². The summed E-state index contributed by atoms with van der Waals surface area (Å²) in [5.41, 5.74) is 2.77. The van der Waals surface area contributed by atoms with E-state index in [0.717, 1.165) is 19.5 Å². The van der Waals surface area contributed by atoms with Crippen LogP contribution >= 0.6 is 0 Å². The first kappa shape index (κ1) is 11.3. The zero-order chi connectivity index (χ0) is 12.5. The van der Waals surface area contributed by atoms with E-state index in [-0.39, 0.29) is 5.91 Å². The molecule has 92 valence electrons. The first-order valence-corrected chi connectivity index (χ1v) is 6.45. The van der Waals surface area contributed by atoms with Gasteiger partial charge >= 0.3 is 0 Å². The largest absolute Gasteiger partial charge is 0.338 e. The quantitative estimate of drug-likeness (QED) is 0.727. The normalized spacial score (nSPS) is 25.8. The van der Waals surface area contributed by atoms with E-state index in [1.54, 1.807) is 0 Å². The van der Waals surface area contributed by atoms with Crippen LogP contribution in [0.2, 0.25) is 0 Å². The molecule has 2 aliphatic rings. The number of amides is 1. The first-order valence-electron chi connectivity index (χ1n) is 6.45. The first-order chi connectivity index (χ1) is 8.78. The topological polar surface area (TPSA) is 20.3 Å². The molecule has 3 rings (SSSR count). The molecule has 2 nitrogen and oxygen atoms in total. The number of hydrogen-bond donors (Lipinski definition) is 0. The highest BCUT2D eigenvalue weighted by molar-refractivity contribution is 5.87. The van der Waals surface area contributed by atoms with Gasteiger partial charge in [0.2, 0.25) is 5.91 Å². The highest BCUT2D eigenvalue weighted by Gasteiger charge is 2.37. The Morgan fingerprint density at radius 2 is 2.06 bits per heavy atom. The van der Waals surface area contributed by atoms with Crippen molar-refractivity contribution in [3.8, 4) is 0 Å². The number of rotatable bonds is 2. The van der Waals surface area contributed by atoms with E-state index >= 15 is 0 Å². The van der Waals surface area contributed by atoms with Crippen molar-refractivity contribution in [2.75, 3.05) is 13.1 Å². The second kappa shape index (κ2) is 4.45. The summed E-state index contributed by atoms with van der Waals surface area (Å²) in [5, 5.41) is 0. The van der Waals surface area contributed by atoms with Gasteiger partial charge in [-0.3, -0.25) is 4.79 Å². The zero-order valence-electron chi connectivity index (χ0n) is 10.4. The van der Waals surface area contributed by atoms with Crippen LogP contribution in [0.25, 0.3) is 5.57 Å². The van der Waals surface area contributed by atoms with Crippen LogP contribution < -0.4 is 0 Å². The maximum Gasteiger partial charge on any atom is 0.245 e. The Morgan fingerprint density at radius 1 is 1.28 bits per heavy atom. The van der Waals surface area contributed by atoms with Gasteiger partial charge in [-0.15, -0.1) is 0 Å². The van der Waals surface area contributed by atoms with Gasteiger partial charge in [-0.1, -0.05) is 43.0 Å². The number of carbonyl (C=O) groups is 1. The SMILES string of the molecule is C=CC(=O)N1CC2C=C(c3ccccc3)CC2C1. The van der Waals surface area contributed by atoms with Crippen LogP contribution in [0.5, 0.6) is 0 Å². The van der Waals surface area contributed by atoms with Crippen molar-refractivity contribution in [2.24, 2.45) is 11.8 Å². The lowest BCUT2D eigenvalue weighted by Gasteiger charge is -2.14. The number of hydrogen-bond acceptors (Lipinski definition) is 1. The lowest BCUT2D eigenvalue weighted by Crippen LogP contribution is -2.27. The summed E-state index contributed by atoms with van der Waals surface area (Å²) in [7, 11) is 0. The van der Waals surface area contributed by atoms with Crippen LogP contribution in [0.3, 0.4) is 0 Å². The molecule has 0 spiro atoms. The molecule has 18 heavy (non-hydrogen) atoms. The third-order valence-electron chi connectivity index (χ3n) is 4.02. The van der Waals surface area contributed by atoms with Crippen molar-refractivity contribution in [3.63, 3.8) is 0 Å². The molecular weight excluding hydrogens is 222 g/mol. The highest BCUT2D eigenvalue weighted by atomic mass is 16.2. The lowest BCUT2D eigenvalue weighted by molar-refractivity contribution is -0.125. The molecule has 2 unspecified atom stereocenters. The second-order valence-electron chi connectivity index (χ2n) is 5.13. The molecule has 1 heterocycles. The van der Waals surface area contributed by atoms with Crippen molar-refractivity contribution in [2.45, 2.75) is 6.42 Å². The van der Waals surface area contributed by atoms with Crippen molar-refractivity contribution in [3.05, 3.63) is 54.6 Å². The number of fused-ring (bicyclic) bond motifs is 1. The summed E-state index contributed by atoms with van der Waals surface area (Å²) in [5.74, 6) is 1.20. The molecule has 0 saturated carbocycles. The molecule has 0 radical (unpaired) electrons. The Bertz CT molecular complexity index is 503.